The molecule has 4 N–H and O–H groups in total. The number of carboxylic acid groups (broad SMARTS) is 4. The molecule has 0 aliphatic rings. The molecule has 0 amide bonds. The summed E-state index contributed by atoms with van der Waals surface area (Å²) in [5, 5.41) is 34.6. The molecule has 8 heteroatoms. The fraction of sp³-hybridized carbons (Fsp3) is 0.429. The molecule has 0 fully saturated rings. The van der Waals surface area contributed by atoms with Crippen molar-refractivity contribution in [1.29, 1.82) is 0 Å². The molecule has 0 aromatic rings. The molecule has 0 atom stereocenters. The van der Waals surface area contributed by atoms with Crippen LogP contribution in [0.4, 0.5) is 0 Å². The summed E-state index contributed by atoms with van der Waals surface area (Å²) >= 11 is 0. The number of rotatable bonds is 11. The monoisotopic (exact) mass is 314 g/mol. The van der Waals surface area contributed by atoms with Gasteiger partial charge in [-0.1, -0.05) is 12.2 Å². The topological polar surface area (TPSA) is 149 Å². The van der Waals surface area contributed by atoms with E-state index in [0.717, 1.165) is 0 Å². The molecule has 0 saturated heterocycles. The van der Waals surface area contributed by atoms with E-state index in [1.807, 2.05) is 0 Å². The lowest BCUT2D eigenvalue weighted by atomic mass is 10.1. The van der Waals surface area contributed by atoms with E-state index >= 15 is 0 Å². The van der Waals surface area contributed by atoms with Crippen LogP contribution in [-0.4, -0.2) is 44.3 Å². The van der Waals surface area contributed by atoms with Crippen LogP contribution in [-0.2, 0) is 19.2 Å². The summed E-state index contributed by atoms with van der Waals surface area (Å²) in [7, 11) is 0. The average molecular weight is 314 g/mol. The third-order valence-electron chi connectivity index (χ3n) is 2.67. The summed E-state index contributed by atoms with van der Waals surface area (Å²) in [6.45, 7) is 0. The van der Waals surface area contributed by atoms with Gasteiger partial charge < -0.3 is 20.4 Å². The first kappa shape index (κ1) is 19.4. The summed E-state index contributed by atoms with van der Waals surface area (Å²) in [6, 6.07) is 0. The second-order valence-corrected chi connectivity index (χ2v) is 4.49. The number of aliphatic carboxylic acids is 4. The zero-order valence-corrected chi connectivity index (χ0v) is 11.8. The van der Waals surface area contributed by atoms with Crippen LogP contribution < -0.4 is 0 Å². The molecule has 0 aromatic heterocycles. The molecule has 8 nitrogen and oxygen atoms in total. The first-order chi connectivity index (χ1) is 10.2. The fourth-order valence-electron chi connectivity index (χ4n) is 1.64. The number of allylic oxidation sites excluding steroid dienone is 2. The van der Waals surface area contributed by atoms with Crippen molar-refractivity contribution in [1.82, 2.24) is 0 Å². The van der Waals surface area contributed by atoms with E-state index in [2.05, 4.69) is 0 Å². The van der Waals surface area contributed by atoms with Gasteiger partial charge in [0.15, 0.2) is 0 Å². The van der Waals surface area contributed by atoms with Crippen molar-refractivity contribution >= 4 is 23.9 Å². The Morgan fingerprint density at radius 3 is 1.18 bits per heavy atom. The first-order valence-electron chi connectivity index (χ1n) is 6.52. The van der Waals surface area contributed by atoms with E-state index in [0.29, 0.717) is 25.7 Å². The molecule has 0 rings (SSSR count). The van der Waals surface area contributed by atoms with Crippen LogP contribution in [0.1, 0.15) is 38.5 Å². The number of hydrogen-bond acceptors (Lipinski definition) is 4. The van der Waals surface area contributed by atoms with Crippen molar-refractivity contribution in [3.63, 3.8) is 0 Å². The van der Waals surface area contributed by atoms with Gasteiger partial charge in [0.25, 0.3) is 0 Å². The van der Waals surface area contributed by atoms with Crippen molar-refractivity contribution in [2.45, 2.75) is 38.5 Å². The van der Waals surface area contributed by atoms with E-state index in [1.54, 1.807) is 0 Å². The van der Waals surface area contributed by atoms with Crippen molar-refractivity contribution in [3.05, 3.63) is 23.3 Å². The Morgan fingerprint density at radius 1 is 0.636 bits per heavy atom. The lowest BCUT2D eigenvalue weighted by Crippen LogP contribution is -2.07. The lowest BCUT2D eigenvalue weighted by molar-refractivity contribution is -0.139. The Labute approximate surface area is 126 Å². The van der Waals surface area contributed by atoms with Gasteiger partial charge in [0, 0.05) is 11.1 Å². The second kappa shape index (κ2) is 10.1. The Bertz CT molecular complexity index is 455. The van der Waals surface area contributed by atoms with Gasteiger partial charge in [0.1, 0.15) is 0 Å². The molecule has 22 heavy (non-hydrogen) atoms. The zero-order chi connectivity index (χ0) is 17.1. The Kier molecular flexibility index (Phi) is 8.92. The maximum absolute atomic E-state index is 10.8. The number of carboxylic acids is 4. The van der Waals surface area contributed by atoms with Crippen molar-refractivity contribution in [2.75, 3.05) is 0 Å². The van der Waals surface area contributed by atoms with Crippen LogP contribution in [0, 0.1) is 0 Å². The van der Waals surface area contributed by atoms with Gasteiger partial charge in [-0.3, -0.25) is 9.59 Å². The summed E-state index contributed by atoms with van der Waals surface area (Å²) < 4.78 is 0. The Balaban J connectivity index is 4.30. The highest BCUT2D eigenvalue weighted by atomic mass is 16.4. The third kappa shape index (κ3) is 9.29. The molecule has 0 aliphatic heterocycles. The molecule has 122 valence electrons. The highest BCUT2D eigenvalue weighted by Crippen LogP contribution is 2.10. The summed E-state index contributed by atoms with van der Waals surface area (Å²) in [4.78, 5) is 42.4. The summed E-state index contributed by atoms with van der Waals surface area (Å²) in [5.41, 5.74) is -0.389. The van der Waals surface area contributed by atoms with Crippen LogP contribution in [0.25, 0.3) is 0 Å². The van der Waals surface area contributed by atoms with E-state index < -0.39 is 36.7 Å². The molecule has 0 unspecified atom stereocenters. The van der Waals surface area contributed by atoms with Crippen molar-refractivity contribution in [2.24, 2.45) is 0 Å². The minimum absolute atomic E-state index is 0.194. The minimum Gasteiger partial charge on any atom is -0.481 e. The number of hydrogen-bond donors (Lipinski definition) is 4. The minimum atomic E-state index is -1.28. The normalized spacial score (nSPS) is 12.0. The average Bonchev–Trinajstić information content (AvgIpc) is 2.38. The van der Waals surface area contributed by atoms with Crippen LogP contribution >= 0.6 is 0 Å². The second-order valence-electron chi connectivity index (χ2n) is 4.49. The largest absolute Gasteiger partial charge is 0.481 e. The molecule has 0 aliphatic carbocycles. The predicted octanol–water partition coefficient (Wildman–Crippen LogP) is 1.52. The van der Waals surface area contributed by atoms with Gasteiger partial charge in [0.05, 0.1) is 12.8 Å². The molecule has 0 heterocycles. The Morgan fingerprint density at radius 2 is 0.955 bits per heavy atom. The molecular formula is C14H18O8. The highest BCUT2D eigenvalue weighted by molar-refractivity contribution is 5.92. The van der Waals surface area contributed by atoms with Gasteiger partial charge in [-0.2, -0.15) is 0 Å². The quantitative estimate of drug-likeness (QED) is 0.331. The van der Waals surface area contributed by atoms with Gasteiger partial charge in [-0.05, 0) is 25.7 Å². The van der Waals surface area contributed by atoms with Crippen LogP contribution in [0.2, 0.25) is 0 Å². The van der Waals surface area contributed by atoms with Crippen LogP contribution in [0.15, 0.2) is 23.3 Å². The smallest absolute Gasteiger partial charge is 0.331 e. The third-order valence-corrected chi connectivity index (χ3v) is 2.67. The highest BCUT2D eigenvalue weighted by Gasteiger charge is 2.12. The summed E-state index contributed by atoms with van der Waals surface area (Å²) in [5.74, 6) is -5.01. The van der Waals surface area contributed by atoms with Gasteiger partial charge >= 0.3 is 23.9 Å². The van der Waals surface area contributed by atoms with E-state index in [1.165, 1.54) is 12.2 Å². The lowest BCUT2D eigenvalue weighted by Gasteiger charge is -2.00. The standard InChI is InChI=1S/C14H18O8/c15-11(16)7-9(13(19)20)5-3-1-2-4-6-10(14(21)22)8-12(17)18/h5-6H,1-4,7-8H2,(H,15,16)(H,17,18)(H,19,20)(H,21,22). The predicted molar refractivity (Wildman–Crippen MR) is 74.4 cm³/mol. The maximum Gasteiger partial charge on any atom is 0.331 e. The zero-order valence-electron chi connectivity index (χ0n) is 11.8. The number of carbonyl (C=O) groups is 4. The van der Waals surface area contributed by atoms with Crippen LogP contribution in [0.3, 0.4) is 0 Å². The van der Waals surface area contributed by atoms with E-state index in [4.69, 9.17) is 20.4 Å². The van der Waals surface area contributed by atoms with E-state index in [9.17, 15) is 19.2 Å². The van der Waals surface area contributed by atoms with Gasteiger partial charge in [-0.15, -0.1) is 0 Å². The summed E-state index contributed by atoms with van der Waals surface area (Å²) in [6.07, 6.45) is 3.31. The van der Waals surface area contributed by atoms with Gasteiger partial charge in [0.2, 0.25) is 0 Å². The van der Waals surface area contributed by atoms with Crippen LogP contribution in [0.5, 0.6) is 0 Å². The van der Waals surface area contributed by atoms with Crippen molar-refractivity contribution in [3.8, 4) is 0 Å². The SMILES string of the molecule is O=C(O)CC(=CCCCCC=C(CC(=O)O)C(=O)O)C(=O)O. The fourth-order valence-corrected chi connectivity index (χ4v) is 1.64. The molecule has 0 aromatic carbocycles. The molecule has 0 saturated carbocycles. The maximum atomic E-state index is 10.8. The van der Waals surface area contributed by atoms with Gasteiger partial charge in [-0.25, -0.2) is 9.59 Å². The molecular weight excluding hydrogens is 296 g/mol. The Hall–Kier alpha value is -2.64. The molecule has 0 spiro atoms. The molecule has 0 bridgehead atoms. The number of unbranched alkanes of at least 4 members (excludes halogenated alkanes) is 3. The molecule has 0 radical (unpaired) electrons. The van der Waals surface area contributed by atoms with Crippen molar-refractivity contribution < 1.29 is 39.6 Å². The first-order valence-corrected chi connectivity index (χ1v) is 6.52. The van der Waals surface area contributed by atoms with E-state index in [-0.39, 0.29) is 11.1 Å².